The Morgan fingerprint density at radius 2 is 1.95 bits per heavy atom. The summed E-state index contributed by atoms with van der Waals surface area (Å²) < 4.78 is 20.1. The first-order valence-corrected chi connectivity index (χ1v) is 7.69. The molecule has 1 saturated heterocycles. The summed E-state index contributed by atoms with van der Waals surface area (Å²) in [6.07, 6.45) is 6.94. The van der Waals surface area contributed by atoms with E-state index >= 15 is 0 Å². The molecule has 1 unspecified atom stereocenters. The maximum Gasteiger partial charge on any atom is 0.150 e. The maximum absolute atomic E-state index is 14.3. The van der Waals surface area contributed by atoms with Crippen molar-refractivity contribution in [3.8, 4) is 5.75 Å². The minimum absolute atomic E-state index is 0.151. The van der Waals surface area contributed by atoms with Gasteiger partial charge in [0.2, 0.25) is 0 Å². The number of piperidine rings is 1. The van der Waals surface area contributed by atoms with E-state index in [1.165, 1.54) is 18.9 Å². The van der Waals surface area contributed by atoms with Crippen LogP contribution in [0.5, 0.6) is 5.75 Å². The zero-order valence-corrected chi connectivity index (χ0v) is 11.9. The Balaban J connectivity index is 1.70. The molecular weight excluding hydrogens is 255 g/mol. The molecule has 2 N–H and O–H groups in total. The van der Waals surface area contributed by atoms with Gasteiger partial charge in [0.1, 0.15) is 11.6 Å². The fraction of sp³-hybridized carbons (Fsp3) is 0.625. The Labute approximate surface area is 119 Å². The molecule has 1 aliphatic heterocycles. The van der Waals surface area contributed by atoms with Gasteiger partial charge in [0.25, 0.3) is 0 Å². The molecule has 1 aliphatic carbocycles. The number of nitrogens with zero attached hydrogens (tertiary/aromatic N) is 1. The average molecular weight is 278 g/mol. The van der Waals surface area contributed by atoms with E-state index in [-0.39, 0.29) is 18.0 Å². The topological polar surface area (TPSA) is 38.5 Å². The van der Waals surface area contributed by atoms with E-state index < -0.39 is 0 Å². The number of rotatable bonds is 3. The number of halogens is 1. The first kappa shape index (κ1) is 13.7. The van der Waals surface area contributed by atoms with Crippen molar-refractivity contribution in [1.29, 1.82) is 0 Å². The van der Waals surface area contributed by atoms with Gasteiger partial charge < -0.3 is 15.4 Å². The minimum Gasteiger partial charge on any atom is -0.490 e. The molecular formula is C16H23FN2O. The van der Waals surface area contributed by atoms with Crippen molar-refractivity contribution in [1.82, 2.24) is 0 Å². The number of ether oxygens (including phenoxy) is 1. The van der Waals surface area contributed by atoms with Gasteiger partial charge >= 0.3 is 0 Å². The van der Waals surface area contributed by atoms with Crippen LogP contribution in [-0.4, -0.2) is 25.2 Å². The van der Waals surface area contributed by atoms with Gasteiger partial charge in [0, 0.05) is 25.2 Å². The standard InChI is InChI=1S/C16H23FN2O/c17-15-10-14(20-13-5-1-2-6-13)7-8-16(15)19-9-3-4-12(18)11-19/h7-8,10,12-13H,1-6,9,11,18H2. The van der Waals surface area contributed by atoms with Crippen LogP contribution in [0.25, 0.3) is 0 Å². The Hall–Kier alpha value is -1.29. The van der Waals surface area contributed by atoms with Crippen LogP contribution in [0.1, 0.15) is 38.5 Å². The first-order chi connectivity index (χ1) is 9.72. The second-order valence-electron chi connectivity index (χ2n) is 5.99. The molecule has 1 atom stereocenters. The van der Waals surface area contributed by atoms with E-state index in [9.17, 15) is 4.39 Å². The lowest BCUT2D eigenvalue weighted by molar-refractivity contribution is 0.209. The zero-order chi connectivity index (χ0) is 13.9. The van der Waals surface area contributed by atoms with E-state index in [0.717, 1.165) is 38.8 Å². The molecule has 2 aliphatic rings. The highest BCUT2D eigenvalue weighted by molar-refractivity contribution is 5.51. The largest absolute Gasteiger partial charge is 0.490 e. The fourth-order valence-corrected chi connectivity index (χ4v) is 3.24. The van der Waals surface area contributed by atoms with Crippen molar-refractivity contribution < 1.29 is 9.13 Å². The summed E-state index contributed by atoms with van der Waals surface area (Å²) in [7, 11) is 0. The number of benzene rings is 1. The lowest BCUT2D eigenvalue weighted by Gasteiger charge is -2.32. The van der Waals surface area contributed by atoms with Gasteiger partial charge in [-0.2, -0.15) is 0 Å². The van der Waals surface area contributed by atoms with Crippen LogP contribution in [0.2, 0.25) is 0 Å². The van der Waals surface area contributed by atoms with Gasteiger partial charge in [-0.05, 0) is 50.7 Å². The summed E-state index contributed by atoms with van der Waals surface area (Å²) in [6, 6.07) is 5.39. The molecule has 1 heterocycles. The third-order valence-electron chi connectivity index (χ3n) is 4.32. The van der Waals surface area contributed by atoms with E-state index in [1.54, 1.807) is 0 Å². The number of hydrogen-bond donors (Lipinski definition) is 1. The molecule has 0 bridgehead atoms. The molecule has 20 heavy (non-hydrogen) atoms. The van der Waals surface area contributed by atoms with Crippen LogP contribution >= 0.6 is 0 Å². The number of anilines is 1. The summed E-state index contributed by atoms with van der Waals surface area (Å²) in [5, 5.41) is 0. The predicted molar refractivity (Wildman–Crippen MR) is 78.7 cm³/mol. The van der Waals surface area contributed by atoms with Crippen molar-refractivity contribution in [3.05, 3.63) is 24.0 Å². The molecule has 0 spiro atoms. The quantitative estimate of drug-likeness (QED) is 0.923. The SMILES string of the molecule is NC1CCCN(c2ccc(OC3CCCC3)cc2F)C1. The van der Waals surface area contributed by atoms with Crippen molar-refractivity contribution in [3.63, 3.8) is 0 Å². The third-order valence-corrected chi connectivity index (χ3v) is 4.32. The monoisotopic (exact) mass is 278 g/mol. The molecule has 4 heteroatoms. The Bertz CT molecular complexity index is 460. The lowest BCUT2D eigenvalue weighted by atomic mass is 10.1. The maximum atomic E-state index is 14.3. The lowest BCUT2D eigenvalue weighted by Crippen LogP contribution is -2.43. The number of hydrogen-bond acceptors (Lipinski definition) is 3. The van der Waals surface area contributed by atoms with Crippen molar-refractivity contribution in [2.45, 2.75) is 50.7 Å². The van der Waals surface area contributed by atoms with Crippen molar-refractivity contribution >= 4 is 5.69 Å². The molecule has 110 valence electrons. The fourth-order valence-electron chi connectivity index (χ4n) is 3.24. The smallest absolute Gasteiger partial charge is 0.150 e. The highest BCUT2D eigenvalue weighted by Crippen LogP contribution is 2.29. The van der Waals surface area contributed by atoms with Crippen LogP contribution in [0.4, 0.5) is 10.1 Å². The predicted octanol–water partition coefficient (Wildman–Crippen LogP) is 3.07. The molecule has 1 saturated carbocycles. The van der Waals surface area contributed by atoms with Crippen LogP contribution in [0.3, 0.4) is 0 Å². The molecule has 2 fully saturated rings. The van der Waals surface area contributed by atoms with Gasteiger partial charge in [-0.15, -0.1) is 0 Å². The molecule has 0 amide bonds. The molecule has 1 aromatic carbocycles. The van der Waals surface area contributed by atoms with Crippen LogP contribution < -0.4 is 15.4 Å². The normalized spacial score (nSPS) is 24.1. The van der Waals surface area contributed by atoms with Crippen molar-refractivity contribution in [2.24, 2.45) is 5.73 Å². The summed E-state index contributed by atoms with van der Waals surface area (Å²) in [5.41, 5.74) is 6.61. The van der Waals surface area contributed by atoms with Crippen LogP contribution in [0, 0.1) is 5.82 Å². The second-order valence-corrected chi connectivity index (χ2v) is 5.99. The van der Waals surface area contributed by atoms with E-state index in [4.69, 9.17) is 10.5 Å². The van der Waals surface area contributed by atoms with Gasteiger partial charge in [-0.25, -0.2) is 4.39 Å². The van der Waals surface area contributed by atoms with Gasteiger partial charge in [-0.1, -0.05) is 0 Å². The number of nitrogens with two attached hydrogens (primary N) is 1. The molecule has 3 nitrogen and oxygen atoms in total. The highest BCUT2D eigenvalue weighted by atomic mass is 19.1. The van der Waals surface area contributed by atoms with Crippen molar-refractivity contribution in [2.75, 3.05) is 18.0 Å². The van der Waals surface area contributed by atoms with E-state index in [1.807, 2.05) is 17.0 Å². The summed E-state index contributed by atoms with van der Waals surface area (Å²) in [5.74, 6) is 0.453. The van der Waals surface area contributed by atoms with Gasteiger partial charge in [0.15, 0.2) is 0 Å². The second kappa shape index (κ2) is 6.00. The summed E-state index contributed by atoms with van der Waals surface area (Å²) in [4.78, 5) is 2.04. The van der Waals surface area contributed by atoms with Gasteiger partial charge in [-0.3, -0.25) is 0 Å². The zero-order valence-electron chi connectivity index (χ0n) is 11.9. The summed E-state index contributed by atoms with van der Waals surface area (Å²) in [6.45, 7) is 1.62. The Kier molecular flexibility index (Phi) is 4.10. The Morgan fingerprint density at radius 3 is 2.65 bits per heavy atom. The van der Waals surface area contributed by atoms with Crippen LogP contribution in [0.15, 0.2) is 18.2 Å². The molecule has 0 aromatic heterocycles. The molecule has 3 rings (SSSR count). The van der Waals surface area contributed by atoms with E-state index in [0.29, 0.717) is 11.4 Å². The van der Waals surface area contributed by atoms with E-state index in [2.05, 4.69) is 0 Å². The third kappa shape index (κ3) is 3.06. The highest BCUT2D eigenvalue weighted by Gasteiger charge is 2.21. The van der Waals surface area contributed by atoms with Crippen LogP contribution in [-0.2, 0) is 0 Å². The molecule has 1 aromatic rings. The van der Waals surface area contributed by atoms with Gasteiger partial charge in [0.05, 0.1) is 11.8 Å². The summed E-state index contributed by atoms with van der Waals surface area (Å²) >= 11 is 0. The average Bonchev–Trinajstić information content (AvgIpc) is 2.92. The minimum atomic E-state index is -0.199. The molecule has 0 radical (unpaired) electrons. The first-order valence-electron chi connectivity index (χ1n) is 7.69. The Morgan fingerprint density at radius 1 is 1.15 bits per heavy atom.